The molecule has 6 heteroatoms. The molecule has 17 heavy (non-hydrogen) atoms. The summed E-state index contributed by atoms with van der Waals surface area (Å²) in [6.45, 7) is 5.21. The molecule has 0 saturated carbocycles. The van der Waals surface area contributed by atoms with Gasteiger partial charge in [0.2, 0.25) is 5.09 Å². The third kappa shape index (κ3) is 2.51. The van der Waals surface area contributed by atoms with E-state index in [1.54, 1.807) is 6.07 Å². The molecule has 1 aliphatic rings. The molecule has 2 heterocycles. The molecule has 0 amide bonds. The van der Waals surface area contributed by atoms with Crippen molar-refractivity contribution < 1.29 is 12.8 Å². The van der Waals surface area contributed by atoms with Gasteiger partial charge in [0.25, 0.3) is 10.0 Å². The van der Waals surface area contributed by atoms with Crippen molar-refractivity contribution in [3.63, 3.8) is 0 Å². The number of rotatable bonds is 3. The molecule has 4 nitrogen and oxygen atoms in total. The summed E-state index contributed by atoms with van der Waals surface area (Å²) >= 11 is 5.59. The van der Waals surface area contributed by atoms with Crippen LogP contribution in [0, 0.1) is 5.41 Å². The second-order valence-electron chi connectivity index (χ2n) is 5.11. The second kappa shape index (κ2) is 4.30. The van der Waals surface area contributed by atoms with Gasteiger partial charge < -0.3 is 4.42 Å². The van der Waals surface area contributed by atoms with E-state index < -0.39 is 10.0 Å². The number of alkyl halides is 1. The Labute approximate surface area is 107 Å². The summed E-state index contributed by atoms with van der Waals surface area (Å²) in [4.78, 5) is 0. The normalized spacial score (nSPS) is 20.9. The van der Waals surface area contributed by atoms with E-state index in [9.17, 15) is 8.42 Å². The average Bonchev–Trinajstić information content (AvgIpc) is 2.84. The van der Waals surface area contributed by atoms with E-state index in [4.69, 9.17) is 16.0 Å². The van der Waals surface area contributed by atoms with E-state index in [1.165, 1.54) is 10.4 Å². The van der Waals surface area contributed by atoms with Crippen molar-refractivity contribution in [2.24, 2.45) is 5.41 Å². The molecular weight excluding hydrogens is 262 g/mol. The van der Waals surface area contributed by atoms with Crippen LogP contribution >= 0.6 is 11.6 Å². The van der Waals surface area contributed by atoms with Gasteiger partial charge in [0.15, 0.2) is 0 Å². The third-order valence-electron chi connectivity index (χ3n) is 3.01. The maximum Gasteiger partial charge on any atom is 0.276 e. The van der Waals surface area contributed by atoms with E-state index in [-0.39, 0.29) is 16.4 Å². The first-order valence-corrected chi connectivity index (χ1v) is 7.47. The fourth-order valence-electron chi connectivity index (χ4n) is 1.96. The summed E-state index contributed by atoms with van der Waals surface area (Å²) in [6.07, 6.45) is 0.870. The largest absolute Gasteiger partial charge is 0.447 e. The predicted molar refractivity (Wildman–Crippen MR) is 65.4 cm³/mol. The Bertz CT molecular complexity index is 507. The van der Waals surface area contributed by atoms with Gasteiger partial charge in [-0.3, -0.25) is 0 Å². The zero-order valence-corrected chi connectivity index (χ0v) is 11.5. The van der Waals surface area contributed by atoms with Crippen molar-refractivity contribution >= 4 is 21.6 Å². The number of hydrogen-bond donors (Lipinski definition) is 0. The number of nitrogens with zero attached hydrogens (tertiary/aromatic N) is 1. The molecule has 0 N–H and O–H groups in total. The SMILES string of the molecule is CC1(C)CCN(S(=O)(=O)c2ccc(CCl)o2)C1. The highest BCUT2D eigenvalue weighted by molar-refractivity contribution is 7.89. The minimum absolute atomic E-state index is 0.00847. The van der Waals surface area contributed by atoms with Crippen LogP contribution in [0.2, 0.25) is 0 Å². The standard InChI is InChI=1S/C11H16ClNO3S/c1-11(2)5-6-13(8-11)17(14,15)10-4-3-9(7-12)16-10/h3-4H,5-8H2,1-2H3. The Morgan fingerprint density at radius 2 is 2.18 bits per heavy atom. The fraction of sp³-hybridized carbons (Fsp3) is 0.636. The highest BCUT2D eigenvalue weighted by Gasteiger charge is 2.38. The van der Waals surface area contributed by atoms with E-state index in [0.717, 1.165) is 6.42 Å². The first kappa shape index (κ1) is 12.9. The second-order valence-corrected chi connectivity index (χ2v) is 7.24. The lowest BCUT2D eigenvalue weighted by atomic mass is 9.93. The summed E-state index contributed by atoms with van der Waals surface area (Å²) in [5.74, 6) is 0.657. The van der Waals surface area contributed by atoms with E-state index in [0.29, 0.717) is 18.8 Å². The number of hydrogen-bond acceptors (Lipinski definition) is 3. The lowest BCUT2D eigenvalue weighted by molar-refractivity contribution is 0.360. The molecule has 0 bridgehead atoms. The summed E-state index contributed by atoms with van der Waals surface area (Å²) < 4.78 is 31.2. The molecule has 0 aromatic carbocycles. The van der Waals surface area contributed by atoms with Crippen LogP contribution in [0.25, 0.3) is 0 Å². The van der Waals surface area contributed by atoms with Gasteiger partial charge in [0.05, 0.1) is 5.88 Å². The Hall–Kier alpha value is -0.520. The van der Waals surface area contributed by atoms with Gasteiger partial charge in [-0.25, -0.2) is 8.42 Å². The van der Waals surface area contributed by atoms with Crippen molar-refractivity contribution in [2.45, 2.75) is 31.2 Å². The van der Waals surface area contributed by atoms with E-state index in [2.05, 4.69) is 13.8 Å². The zero-order valence-electron chi connectivity index (χ0n) is 9.94. The minimum Gasteiger partial charge on any atom is -0.447 e. The Morgan fingerprint density at radius 1 is 1.47 bits per heavy atom. The summed E-state index contributed by atoms with van der Waals surface area (Å²) in [6, 6.07) is 3.07. The highest BCUT2D eigenvalue weighted by atomic mass is 35.5. The molecule has 0 unspecified atom stereocenters. The Kier molecular flexibility index (Phi) is 3.27. The van der Waals surface area contributed by atoms with Crippen molar-refractivity contribution in [1.29, 1.82) is 0 Å². The van der Waals surface area contributed by atoms with E-state index in [1.807, 2.05) is 0 Å². The molecule has 0 spiro atoms. The van der Waals surface area contributed by atoms with Crippen molar-refractivity contribution in [2.75, 3.05) is 13.1 Å². The number of halogens is 1. The van der Waals surface area contributed by atoms with Gasteiger partial charge in [0, 0.05) is 13.1 Å². The van der Waals surface area contributed by atoms with E-state index >= 15 is 0 Å². The highest BCUT2D eigenvalue weighted by Crippen LogP contribution is 2.33. The molecule has 2 rings (SSSR count). The topological polar surface area (TPSA) is 50.5 Å². The molecule has 1 saturated heterocycles. The first-order chi connectivity index (χ1) is 7.85. The van der Waals surface area contributed by atoms with Crippen LogP contribution in [0.5, 0.6) is 0 Å². The van der Waals surface area contributed by atoms with Crippen LogP contribution in [0.15, 0.2) is 21.6 Å². The lowest BCUT2D eigenvalue weighted by Gasteiger charge is -2.18. The predicted octanol–water partition coefficient (Wildman–Crippen LogP) is 2.44. The van der Waals surface area contributed by atoms with Gasteiger partial charge in [-0.05, 0) is 24.0 Å². The zero-order chi connectivity index (χ0) is 12.7. The van der Waals surface area contributed by atoms with Gasteiger partial charge in [-0.2, -0.15) is 4.31 Å². The van der Waals surface area contributed by atoms with Gasteiger partial charge in [-0.15, -0.1) is 11.6 Å². The Balaban J connectivity index is 2.25. The quantitative estimate of drug-likeness (QED) is 0.798. The minimum atomic E-state index is -3.49. The third-order valence-corrected chi connectivity index (χ3v) is 4.99. The van der Waals surface area contributed by atoms with Crippen LogP contribution in [-0.2, 0) is 15.9 Å². The fourth-order valence-corrected chi connectivity index (χ4v) is 3.67. The maximum atomic E-state index is 12.2. The lowest BCUT2D eigenvalue weighted by Crippen LogP contribution is -2.30. The summed E-state index contributed by atoms with van der Waals surface area (Å²) in [5.41, 5.74) is 0.0367. The molecule has 0 aliphatic carbocycles. The summed E-state index contributed by atoms with van der Waals surface area (Å²) in [5, 5.41) is -0.00847. The molecule has 1 fully saturated rings. The van der Waals surface area contributed by atoms with Gasteiger partial charge >= 0.3 is 0 Å². The van der Waals surface area contributed by atoms with Crippen LogP contribution < -0.4 is 0 Å². The molecular formula is C11H16ClNO3S. The maximum absolute atomic E-state index is 12.2. The number of sulfonamides is 1. The average molecular weight is 278 g/mol. The molecule has 1 aromatic heterocycles. The number of furan rings is 1. The van der Waals surface area contributed by atoms with Gasteiger partial charge in [0.1, 0.15) is 5.76 Å². The Morgan fingerprint density at radius 3 is 2.65 bits per heavy atom. The van der Waals surface area contributed by atoms with Crippen molar-refractivity contribution in [3.8, 4) is 0 Å². The molecule has 1 aromatic rings. The smallest absolute Gasteiger partial charge is 0.276 e. The van der Waals surface area contributed by atoms with Crippen LogP contribution in [-0.4, -0.2) is 25.8 Å². The van der Waals surface area contributed by atoms with Crippen molar-refractivity contribution in [3.05, 3.63) is 17.9 Å². The molecule has 96 valence electrons. The van der Waals surface area contributed by atoms with Crippen LogP contribution in [0.4, 0.5) is 0 Å². The van der Waals surface area contributed by atoms with Crippen LogP contribution in [0.1, 0.15) is 26.0 Å². The monoisotopic (exact) mass is 277 g/mol. The first-order valence-electron chi connectivity index (χ1n) is 5.50. The molecule has 1 aliphatic heterocycles. The van der Waals surface area contributed by atoms with Crippen LogP contribution in [0.3, 0.4) is 0 Å². The van der Waals surface area contributed by atoms with Gasteiger partial charge in [-0.1, -0.05) is 13.8 Å². The molecule has 0 atom stereocenters. The molecule has 0 radical (unpaired) electrons. The van der Waals surface area contributed by atoms with Crippen molar-refractivity contribution in [1.82, 2.24) is 4.31 Å². The summed E-state index contributed by atoms with van der Waals surface area (Å²) in [7, 11) is -3.49.